The molecule has 0 fully saturated rings. The lowest BCUT2D eigenvalue weighted by molar-refractivity contribution is -0.110. The third-order valence-corrected chi connectivity index (χ3v) is 5.23. The van der Waals surface area contributed by atoms with Gasteiger partial charge in [0, 0.05) is 22.4 Å². The molecule has 3 rings (SSSR count). The first-order valence-electron chi connectivity index (χ1n) is 7.21. The van der Waals surface area contributed by atoms with Crippen LogP contribution in [0.15, 0.2) is 77.3 Å². The molecule has 1 aliphatic rings. The van der Waals surface area contributed by atoms with E-state index in [9.17, 15) is 9.59 Å². The van der Waals surface area contributed by atoms with Crippen LogP contribution in [0, 0.1) is 0 Å². The molecule has 0 radical (unpaired) electrons. The highest BCUT2D eigenvalue weighted by molar-refractivity contribution is 9.10. The number of ketones is 2. The Kier molecular flexibility index (Phi) is 5.56. The normalized spacial score (nSPS) is 13.3. The van der Waals surface area contributed by atoms with Gasteiger partial charge in [-0.3, -0.25) is 17.4 Å². The third-order valence-electron chi connectivity index (χ3n) is 3.56. The third kappa shape index (κ3) is 3.78. The Balaban J connectivity index is 2.09. The molecule has 25 heavy (non-hydrogen) atoms. The second kappa shape index (κ2) is 7.68. The van der Waals surface area contributed by atoms with Crippen molar-refractivity contribution in [1.82, 2.24) is 7.85 Å². The number of rotatable bonds is 4. The number of carbonyl (C=O) groups excluding carboxylic acids is 2. The molecule has 0 bridgehead atoms. The number of hydrogen-bond donors (Lipinski definition) is 0. The van der Waals surface area contributed by atoms with Crippen molar-refractivity contribution in [2.24, 2.45) is 0 Å². The molecule has 0 amide bonds. The number of Topliss-reactive ketones (excluding diaryl/α,β-unsaturated/α-hetero) is 2. The summed E-state index contributed by atoms with van der Waals surface area (Å²) < 4.78 is 4.06. The Morgan fingerprint density at radius 3 is 1.88 bits per heavy atom. The highest BCUT2D eigenvalue weighted by Gasteiger charge is 2.30. The van der Waals surface area contributed by atoms with Gasteiger partial charge in [0.1, 0.15) is 5.82 Å². The van der Waals surface area contributed by atoms with Crippen molar-refractivity contribution < 1.29 is 9.59 Å². The van der Waals surface area contributed by atoms with Crippen LogP contribution in [0.3, 0.4) is 0 Å². The molecule has 0 saturated heterocycles. The van der Waals surface area contributed by atoms with Gasteiger partial charge in [-0.1, -0.05) is 46.3 Å². The van der Waals surface area contributed by atoms with Gasteiger partial charge in [0.2, 0.25) is 11.6 Å². The molecule has 1 aliphatic heterocycles. The summed E-state index contributed by atoms with van der Waals surface area (Å²) >= 11 is 10.1. The number of carbonyl (C=O) groups is 2. The molecule has 0 atom stereocenters. The molecule has 0 aromatic heterocycles. The SMILES string of the molecule is O=C(C(=O)c1ccc(Br)cc1)C(=C1N(Br)C=CN1Br)c1ccccc1. The molecule has 0 spiro atoms. The summed E-state index contributed by atoms with van der Waals surface area (Å²) in [5.41, 5.74) is 1.30. The van der Waals surface area contributed by atoms with E-state index < -0.39 is 11.6 Å². The van der Waals surface area contributed by atoms with Gasteiger partial charge in [0.05, 0.1) is 37.9 Å². The maximum Gasteiger partial charge on any atom is 0.237 e. The van der Waals surface area contributed by atoms with E-state index in [1.54, 1.807) is 56.7 Å². The van der Waals surface area contributed by atoms with Crippen LogP contribution in [0.2, 0.25) is 0 Å². The van der Waals surface area contributed by atoms with Crippen LogP contribution in [-0.2, 0) is 4.79 Å². The molecule has 1 heterocycles. The van der Waals surface area contributed by atoms with Crippen molar-refractivity contribution in [2.75, 3.05) is 0 Å². The van der Waals surface area contributed by atoms with E-state index in [-0.39, 0.29) is 0 Å². The fraction of sp³-hybridized carbons (Fsp3) is 0. The number of allylic oxidation sites excluding steroid dienone is 1. The zero-order chi connectivity index (χ0) is 18.0. The number of halogens is 3. The molecule has 0 saturated carbocycles. The Morgan fingerprint density at radius 2 is 1.32 bits per heavy atom. The van der Waals surface area contributed by atoms with Gasteiger partial charge >= 0.3 is 0 Å². The molecule has 2 aromatic rings. The first-order valence-corrected chi connectivity index (χ1v) is 9.43. The van der Waals surface area contributed by atoms with E-state index in [2.05, 4.69) is 48.2 Å². The van der Waals surface area contributed by atoms with Crippen LogP contribution in [0.5, 0.6) is 0 Å². The van der Waals surface area contributed by atoms with E-state index in [0.29, 0.717) is 22.5 Å². The summed E-state index contributed by atoms with van der Waals surface area (Å²) in [7, 11) is 0. The van der Waals surface area contributed by atoms with E-state index in [0.717, 1.165) is 4.47 Å². The molecule has 4 nitrogen and oxygen atoms in total. The largest absolute Gasteiger partial charge is 0.285 e. The predicted molar refractivity (Wildman–Crippen MR) is 108 cm³/mol. The Morgan fingerprint density at radius 1 is 0.760 bits per heavy atom. The number of benzene rings is 2. The highest BCUT2D eigenvalue weighted by atomic mass is 79.9. The van der Waals surface area contributed by atoms with Crippen LogP contribution < -0.4 is 0 Å². The van der Waals surface area contributed by atoms with Crippen molar-refractivity contribution in [3.05, 3.63) is 88.4 Å². The lowest BCUT2D eigenvalue weighted by Gasteiger charge is -2.19. The molecule has 0 unspecified atom stereocenters. The number of hydrogen-bond acceptors (Lipinski definition) is 4. The lowest BCUT2D eigenvalue weighted by atomic mass is 9.96. The molecule has 0 N–H and O–H groups in total. The maximum atomic E-state index is 13.1. The zero-order valence-electron chi connectivity index (χ0n) is 12.7. The van der Waals surface area contributed by atoms with Crippen molar-refractivity contribution in [3.63, 3.8) is 0 Å². The maximum absolute atomic E-state index is 13.1. The minimum absolute atomic E-state index is 0.298. The van der Waals surface area contributed by atoms with Gasteiger partial charge in [0.15, 0.2) is 0 Å². The van der Waals surface area contributed by atoms with E-state index in [1.165, 1.54) is 0 Å². The van der Waals surface area contributed by atoms with Gasteiger partial charge in [-0.2, -0.15) is 0 Å². The summed E-state index contributed by atoms with van der Waals surface area (Å²) in [5, 5.41) is 0. The van der Waals surface area contributed by atoms with Gasteiger partial charge in [-0.15, -0.1) is 0 Å². The first kappa shape index (κ1) is 18.1. The van der Waals surface area contributed by atoms with Crippen LogP contribution in [0.4, 0.5) is 0 Å². The van der Waals surface area contributed by atoms with Crippen LogP contribution in [0.25, 0.3) is 5.57 Å². The Hall–Kier alpha value is -1.70. The average Bonchev–Trinajstić information content (AvgIpc) is 2.95. The Bertz CT molecular complexity index is 863. The fourth-order valence-electron chi connectivity index (χ4n) is 2.38. The van der Waals surface area contributed by atoms with Crippen molar-refractivity contribution in [2.45, 2.75) is 0 Å². The molecule has 2 aromatic carbocycles. The first-order chi connectivity index (χ1) is 12.0. The number of nitrogens with zero attached hydrogens (tertiary/aromatic N) is 2. The topological polar surface area (TPSA) is 40.6 Å². The van der Waals surface area contributed by atoms with Crippen LogP contribution in [-0.4, -0.2) is 19.4 Å². The van der Waals surface area contributed by atoms with Gasteiger partial charge in [0.25, 0.3) is 0 Å². The summed E-state index contributed by atoms with van der Waals surface area (Å²) in [6, 6.07) is 15.8. The van der Waals surface area contributed by atoms with Crippen molar-refractivity contribution >= 4 is 65.4 Å². The quantitative estimate of drug-likeness (QED) is 0.235. The standard InChI is InChI=1S/C18H11Br3N2O2/c19-14-8-6-13(7-9-14)16(24)17(25)15(12-4-2-1-3-5-12)18-22(20)10-11-23(18)21/h1-11H. The summed E-state index contributed by atoms with van der Waals surface area (Å²) in [4.78, 5) is 25.8. The van der Waals surface area contributed by atoms with Crippen molar-refractivity contribution in [3.8, 4) is 0 Å². The lowest BCUT2D eigenvalue weighted by Crippen LogP contribution is -2.21. The molecule has 7 heteroatoms. The van der Waals surface area contributed by atoms with E-state index in [1.807, 2.05) is 18.2 Å². The van der Waals surface area contributed by atoms with E-state index in [4.69, 9.17) is 0 Å². The minimum Gasteiger partial charge on any atom is -0.285 e. The van der Waals surface area contributed by atoms with Crippen molar-refractivity contribution in [1.29, 1.82) is 0 Å². The second-order valence-electron chi connectivity index (χ2n) is 5.15. The van der Waals surface area contributed by atoms with Crippen LogP contribution >= 0.6 is 48.2 Å². The van der Waals surface area contributed by atoms with E-state index >= 15 is 0 Å². The highest BCUT2D eigenvalue weighted by Crippen LogP contribution is 2.34. The fourth-order valence-corrected chi connectivity index (χ4v) is 3.76. The molecule has 0 aliphatic carbocycles. The average molecular weight is 527 g/mol. The van der Waals surface area contributed by atoms with Gasteiger partial charge in [-0.25, -0.2) is 0 Å². The molecule has 126 valence electrons. The minimum atomic E-state index is -0.582. The summed E-state index contributed by atoms with van der Waals surface area (Å²) in [6.07, 6.45) is 3.45. The predicted octanol–water partition coefficient (Wildman–Crippen LogP) is 5.28. The van der Waals surface area contributed by atoms with Gasteiger partial charge < -0.3 is 0 Å². The summed E-state index contributed by atoms with van der Waals surface area (Å²) in [6.45, 7) is 0. The summed E-state index contributed by atoms with van der Waals surface area (Å²) in [5.74, 6) is -0.629. The van der Waals surface area contributed by atoms with Crippen LogP contribution in [0.1, 0.15) is 15.9 Å². The second-order valence-corrected chi connectivity index (χ2v) is 7.59. The van der Waals surface area contributed by atoms with Gasteiger partial charge in [-0.05, 0) is 29.8 Å². The molecular weight excluding hydrogens is 516 g/mol. The monoisotopic (exact) mass is 524 g/mol. The Labute approximate surface area is 170 Å². The molecular formula is C18H11Br3N2O2. The smallest absolute Gasteiger partial charge is 0.237 e. The zero-order valence-corrected chi connectivity index (χ0v) is 17.5.